The van der Waals surface area contributed by atoms with Crippen molar-refractivity contribution in [1.82, 2.24) is 4.98 Å². The lowest BCUT2D eigenvalue weighted by Crippen LogP contribution is -1.98. The first-order valence-corrected chi connectivity index (χ1v) is 5.95. The number of halogens is 1. The molecule has 1 aromatic heterocycles. The lowest BCUT2D eigenvalue weighted by Gasteiger charge is -2.12. The topological polar surface area (TPSA) is 31.4 Å². The van der Waals surface area contributed by atoms with E-state index < -0.39 is 0 Å². The van der Waals surface area contributed by atoms with Crippen molar-refractivity contribution in [3.63, 3.8) is 0 Å². The highest BCUT2D eigenvalue weighted by molar-refractivity contribution is 9.10. The highest BCUT2D eigenvalue weighted by atomic mass is 79.9. The van der Waals surface area contributed by atoms with Crippen LogP contribution in [0.5, 0.6) is 11.5 Å². The van der Waals surface area contributed by atoms with Crippen LogP contribution in [-0.2, 0) is 6.61 Å². The van der Waals surface area contributed by atoms with E-state index in [1.54, 1.807) is 19.5 Å². The Balaban J connectivity index is 2.14. The van der Waals surface area contributed by atoms with Crippen molar-refractivity contribution in [2.75, 3.05) is 7.11 Å². The monoisotopic (exact) mass is 293 g/mol. The molecule has 2 aromatic rings. The smallest absolute Gasteiger partial charge is 0.175 e. The number of benzene rings is 1. The van der Waals surface area contributed by atoms with Crippen molar-refractivity contribution in [3.8, 4) is 11.5 Å². The van der Waals surface area contributed by atoms with E-state index in [0.717, 1.165) is 10.0 Å². The van der Waals surface area contributed by atoms with Gasteiger partial charge in [0.05, 0.1) is 11.6 Å². The summed E-state index contributed by atoms with van der Waals surface area (Å²) in [6, 6.07) is 9.53. The third kappa shape index (κ3) is 2.97. The van der Waals surface area contributed by atoms with Crippen molar-refractivity contribution in [2.45, 2.75) is 6.61 Å². The van der Waals surface area contributed by atoms with Gasteiger partial charge in [-0.1, -0.05) is 6.07 Å². The zero-order valence-corrected chi connectivity index (χ0v) is 11.0. The van der Waals surface area contributed by atoms with Gasteiger partial charge < -0.3 is 9.47 Å². The fraction of sp³-hybridized carbons (Fsp3) is 0.154. The predicted octanol–water partition coefficient (Wildman–Crippen LogP) is 3.43. The Morgan fingerprint density at radius 3 is 2.65 bits per heavy atom. The molecule has 0 aliphatic heterocycles. The molecular weight excluding hydrogens is 282 g/mol. The first-order valence-electron chi connectivity index (χ1n) is 5.15. The van der Waals surface area contributed by atoms with Gasteiger partial charge in [-0.05, 0) is 45.8 Å². The van der Waals surface area contributed by atoms with Crippen molar-refractivity contribution in [1.29, 1.82) is 0 Å². The Bertz CT molecular complexity index is 488. The third-order valence-electron chi connectivity index (χ3n) is 2.28. The molecule has 17 heavy (non-hydrogen) atoms. The maximum absolute atomic E-state index is 5.75. The van der Waals surface area contributed by atoms with Crippen LogP contribution in [0.2, 0.25) is 0 Å². The van der Waals surface area contributed by atoms with E-state index in [4.69, 9.17) is 9.47 Å². The molecule has 0 atom stereocenters. The molecule has 0 saturated heterocycles. The summed E-state index contributed by atoms with van der Waals surface area (Å²) < 4.78 is 11.9. The number of methoxy groups -OCH3 is 1. The minimum atomic E-state index is 0.488. The third-order valence-corrected chi connectivity index (χ3v) is 2.91. The quantitative estimate of drug-likeness (QED) is 0.865. The van der Waals surface area contributed by atoms with Gasteiger partial charge in [0.15, 0.2) is 11.5 Å². The summed E-state index contributed by atoms with van der Waals surface area (Å²) in [7, 11) is 1.63. The van der Waals surface area contributed by atoms with Crippen LogP contribution in [-0.4, -0.2) is 12.1 Å². The largest absolute Gasteiger partial charge is 0.493 e. The highest BCUT2D eigenvalue weighted by Gasteiger charge is 2.08. The lowest BCUT2D eigenvalue weighted by molar-refractivity contribution is 0.282. The van der Waals surface area contributed by atoms with Gasteiger partial charge in [-0.3, -0.25) is 4.98 Å². The Labute approximate surface area is 109 Å². The molecule has 4 heteroatoms. The Kier molecular flexibility index (Phi) is 3.98. The Hall–Kier alpha value is -1.55. The minimum Gasteiger partial charge on any atom is -0.493 e. The molecule has 0 amide bonds. The van der Waals surface area contributed by atoms with E-state index >= 15 is 0 Å². The molecule has 0 aliphatic carbocycles. The van der Waals surface area contributed by atoms with Gasteiger partial charge in [0.2, 0.25) is 0 Å². The van der Waals surface area contributed by atoms with E-state index in [9.17, 15) is 0 Å². The molecule has 0 N–H and O–H groups in total. The molecule has 1 heterocycles. The summed E-state index contributed by atoms with van der Waals surface area (Å²) in [5, 5.41) is 0. The summed E-state index contributed by atoms with van der Waals surface area (Å²) in [5.41, 5.74) is 1.07. The molecule has 2 rings (SSSR count). The fourth-order valence-electron chi connectivity index (χ4n) is 1.42. The standard InChI is InChI=1S/C13H12BrNO2/c1-16-12-4-2-3-11(14)13(12)17-9-10-5-7-15-8-6-10/h2-8H,9H2,1H3. The SMILES string of the molecule is COc1cccc(Br)c1OCc1ccncc1. The van der Waals surface area contributed by atoms with Crippen LogP contribution in [0.25, 0.3) is 0 Å². The van der Waals surface area contributed by atoms with Gasteiger partial charge in [-0.25, -0.2) is 0 Å². The molecular formula is C13H12BrNO2. The van der Waals surface area contributed by atoms with Gasteiger partial charge >= 0.3 is 0 Å². The van der Waals surface area contributed by atoms with Gasteiger partial charge in [0.25, 0.3) is 0 Å². The summed E-state index contributed by atoms with van der Waals surface area (Å²) in [6.45, 7) is 0.488. The minimum absolute atomic E-state index is 0.488. The van der Waals surface area contributed by atoms with Crippen LogP contribution in [0.3, 0.4) is 0 Å². The van der Waals surface area contributed by atoms with Crippen molar-refractivity contribution >= 4 is 15.9 Å². The molecule has 1 aromatic carbocycles. The normalized spacial score (nSPS) is 10.0. The van der Waals surface area contributed by atoms with Gasteiger partial charge in [0.1, 0.15) is 6.61 Å². The maximum atomic E-state index is 5.75. The second-order valence-electron chi connectivity index (χ2n) is 3.42. The molecule has 0 spiro atoms. The van der Waals surface area contributed by atoms with E-state index in [1.807, 2.05) is 30.3 Å². The number of hydrogen-bond acceptors (Lipinski definition) is 3. The van der Waals surface area contributed by atoms with Crippen LogP contribution in [0, 0.1) is 0 Å². The fourth-order valence-corrected chi connectivity index (χ4v) is 1.89. The van der Waals surface area contributed by atoms with E-state index in [2.05, 4.69) is 20.9 Å². The summed E-state index contributed by atoms with van der Waals surface area (Å²) in [6.07, 6.45) is 3.49. The van der Waals surface area contributed by atoms with Crippen LogP contribution >= 0.6 is 15.9 Å². The second kappa shape index (κ2) is 5.68. The van der Waals surface area contributed by atoms with Crippen molar-refractivity contribution in [3.05, 3.63) is 52.8 Å². The van der Waals surface area contributed by atoms with Crippen molar-refractivity contribution < 1.29 is 9.47 Å². The molecule has 0 bridgehead atoms. The molecule has 3 nitrogen and oxygen atoms in total. The zero-order valence-electron chi connectivity index (χ0n) is 9.39. The Morgan fingerprint density at radius 2 is 1.94 bits per heavy atom. The molecule has 0 saturated carbocycles. The average Bonchev–Trinajstić information content (AvgIpc) is 2.38. The van der Waals surface area contributed by atoms with Crippen LogP contribution in [0.15, 0.2) is 47.2 Å². The summed E-state index contributed by atoms with van der Waals surface area (Å²) in [5.74, 6) is 1.43. The number of rotatable bonds is 4. The summed E-state index contributed by atoms with van der Waals surface area (Å²) in [4.78, 5) is 3.96. The number of aromatic nitrogens is 1. The number of ether oxygens (including phenoxy) is 2. The molecule has 88 valence electrons. The molecule has 0 unspecified atom stereocenters. The maximum Gasteiger partial charge on any atom is 0.175 e. The summed E-state index contributed by atoms with van der Waals surface area (Å²) >= 11 is 3.44. The van der Waals surface area contributed by atoms with E-state index in [1.165, 1.54) is 0 Å². The number of hydrogen-bond donors (Lipinski definition) is 0. The second-order valence-corrected chi connectivity index (χ2v) is 4.27. The molecule has 0 aliphatic rings. The number of nitrogens with zero attached hydrogens (tertiary/aromatic N) is 1. The van der Waals surface area contributed by atoms with Crippen molar-refractivity contribution in [2.24, 2.45) is 0 Å². The van der Waals surface area contributed by atoms with Crippen LogP contribution in [0.1, 0.15) is 5.56 Å². The Morgan fingerprint density at radius 1 is 1.18 bits per heavy atom. The zero-order chi connectivity index (χ0) is 12.1. The molecule has 0 fully saturated rings. The van der Waals surface area contributed by atoms with Gasteiger partial charge in [-0.2, -0.15) is 0 Å². The average molecular weight is 294 g/mol. The number of pyridine rings is 1. The van der Waals surface area contributed by atoms with Gasteiger partial charge in [-0.15, -0.1) is 0 Å². The predicted molar refractivity (Wildman–Crippen MR) is 69.3 cm³/mol. The highest BCUT2D eigenvalue weighted by Crippen LogP contribution is 2.35. The van der Waals surface area contributed by atoms with Gasteiger partial charge in [0, 0.05) is 12.4 Å². The van der Waals surface area contributed by atoms with Crippen LogP contribution in [0.4, 0.5) is 0 Å². The number of para-hydroxylation sites is 1. The van der Waals surface area contributed by atoms with E-state index in [-0.39, 0.29) is 0 Å². The van der Waals surface area contributed by atoms with Crippen LogP contribution < -0.4 is 9.47 Å². The first-order chi connectivity index (χ1) is 8.31. The molecule has 0 radical (unpaired) electrons. The lowest BCUT2D eigenvalue weighted by atomic mass is 10.3. The van der Waals surface area contributed by atoms with E-state index in [0.29, 0.717) is 18.1 Å². The first kappa shape index (κ1) is 11.9.